The van der Waals surface area contributed by atoms with E-state index in [-0.39, 0.29) is 29.8 Å². The van der Waals surface area contributed by atoms with Crippen LogP contribution in [0.4, 0.5) is 4.79 Å². The van der Waals surface area contributed by atoms with Gasteiger partial charge in [0.05, 0.1) is 16.5 Å². The Morgan fingerprint density at radius 3 is 2.56 bits per heavy atom. The van der Waals surface area contributed by atoms with E-state index in [1.165, 1.54) is 29.2 Å². The number of nitriles is 1. The Balaban J connectivity index is 1.58. The van der Waals surface area contributed by atoms with E-state index in [1.54, 1.807) is 0 Å². The summed E-state index contributed by atoms with van der Waals surface area (Å²) < 4.78 is 33.0. The topological polar surface area (TPSA) is 189 Å². The van der Waals surface area contributed by atoms with Crippen LogP contribution in [0.2, 0.25) is 0 Å². The summed E-state index contributed by atoms with van der Waals surface area (Å²) >= 11 is 0. The van der Waals surface area contributed by atoms with Crippen LogP contribution in [0.1, 0.15) is 56.9 Å². The van der Waals surface area contributed by atoms with Crippen LogP contribution in [-0.4, -0.2) is 61.4 Å². The number of rotatable bonds is 4. The van der Waals surface area contributed by atoms with Gasteiger partial charge >= 0.3 is 6.09 Å². The van der Waals surface area contributed by atoms with Gasteiger partial charge in [0.2, 0.25) is 5.91 Å². The van der Waals surface area contributed by atoms with Crippen molar-refractivity contribution >= 4 is 33.8 Å². The summed E-state index contributed by atoms with van der Waals surface area (Å²) in [6.07, 6.45) is 5.69. The number of carbonyl (C=O) groups is 4. The molecule has 1 aromatic carbocycles. The number of primary amides is 1. The molecule has 0 aromatic heterocycles. The van der Waals surface area contributed by atoms with Gasteiger partial charge in [0.25, 0.3) is 21.8 Å². The third kappa shape index (κ3) is 6.22. The predicted molar refractivity (Wildman–Crippen MR) is 137 cm³/mol. The van der Waals surface area contributed by atoms with Crippen molar-refractivity contribution in [2.24, 2.45) is 11.7 Å². The Labute approximate surface area is 226 Å². The lowest BCUT2D eigenvalue weighted by Gasteiger charge is -2.29. The van der Waals surface area contributed by atoms with Crippen molar-refractivity contribution in [1.29, 1.82) is 5.26 Å². The van der Waals surface area contributed by atoms with Crippen molar-refractivity contribution in [1.82, 2.24) is 14.9 Å². The fourth-order valence-electron chi connectivity index (χ4n) is 5.16. The van der Waals surface area contributed by atoms with Gasteiger partial charge in [-0.3, -0.25) is 14.4 Å². The number of fused-ring (bicyclic) bond motifs is 2. The second-order valence-electron chi connectivity index (χ2n) is 10.0. The minimum absolute atomic E-state index is 0.193. The average molecular weight is 558 g/mol. The van der Waals surface area contributed by atoms with E-state index in [9.17, 15) is 27.6 Å². The van der Waals surface area contributed by atoms with E-state index in [1.807, 2.05) is 18.2 Å². The number of hydrogen-bond donors (Lipinski definition) is 3. The zero-order valence-electron chi connectivity index (χ0n) is 21.3. The van der Waals surface area contributed by atoms with Crippen molar-refractivity contribution in [2.45, 2.75) is 73.9 Å². The van der Waals surface area contributed by atoms with E-state index in [0.29, 0.717) is 25.7 Å². The van der Waals surface area contributed by atoms with E-state index >= 15 is 0 Å². The van der Waals surface area contributed by atoms with Gasteiger partial charge in [0, 0.05) is 12.5 Å². The predicted octanol–water partition coefficient (Wildman–Crippen LogP) is 1.21. The van der Waals surface area contributed by atoms with Crippen LogP contribution < -0.4 is 15.8 Å². The summed E-state index contributed by atoms with van der Waals surface area (Å²) in [6, 6.07) is 6.08. The number of nitrogens with two attached hydrogens (primary N) is 1. The summed E-state index contributed by atoms with van der Waals surface area (Å²) in [6.45, 7) is 0.269. The van der Waals surface area contributed by atoms with Crippen LogP contribution in [0, 0.1) is 17.2 Å². The molecule has 13 heteroatoms. The van der Waals surface area contributed by atoms with Gasteiger partial charge in [-0.1, -0.05) is 18.6 Å². The highest BCUT2D eigenvalue weighted by Crippen LogP contribution is 2.45. The summed E-state index contributed by atoms with van der Waals surface area (Å²) in [5, 5.41) is 11.7. The van der Waals surface area contributed by atoms with Crippen molar-refractivity contribution in [3.63, 3.8) is 0 Å². The number of carbonyl (C=O) groups excluding carboxylic acids is 4. The molecule has 2 fully saturated rings. The molecular formula is C26H31N5O7S. The number of sulfonamides is 1. The minimum atomic E-state index is -4.28. The van der Waals surface area contributed by atoms with Crippen LogP contribution >= 0.6 is 0 Å². The van der Waals surface area contributed by atoms with Crippen LogP contribution in [0.5, 0.6) is 0 Å². The molecule has 0 bridgehead atoms. The molecular weight excluding hydrogens is 526 g/mol. The molecule has 39 heavy (non-hydrogen) atoms. The number of benzene rings is 1. The standard InChI is InChI=1S/C26H31N5O7S/c27-16-17-10-12-19(13-11-17)39(36,37)30-24(34)26-15-18(26)7-4-2-1-3-5-9-21(38-25(28)35)23(33)31-14-6-8-20(31)22(32)29-26/h4,7,10-13,18,20-21H,1-3,5-6,8-9,14-15H2,(H2,28,35)(H,29,32)(H,30,34). The molecule has 4 amide bonds. The zero-order chi connectivity index (χ0) is 28.2. The summed E-state index contributed by atoms with van der Waals surface area (Å²) in [5.41, 5.74) is 3.94. The minimum Gasteiger partial charge on any atom is -0.436 e. The fraction of sp³-hybridized carbons (Fsp3) is 0.500. The molecule has 0 radical (unpaired) electrons. The average Bonchev–Trinajstić information content (AvgIpc) is 3.36. The SMILES string of the molecule is N#Cc1ccc(S(=O)(=O)NC(=O)C23CC2C=CCCCCCC(OC(N)=O)C(=O)N2CCCC2C(=O)N3)cc1. The number of hydrogen-bond acceptors (Lipinski definition) is 8. The van der Waals surface area contributed by atoms with Crippen molar-refractivity contribution in [2.75, 3.05) is 6.54 Å². The molecule has 2 heterocycles. The smallest absolute Gasteiger partial charge is 0.405 e. The lowest BCUT2D eigenvalue weighted by atomic mass is 10.1. The largest absolute Gasteiger partial charge is 0.436 e. The van der Waals surface area contributed by atoms with Crippen molar-refractivity contribution in [3.05, 3.63) is 42.0 Å². The highest BCUT2D eigenvalue weighted by molar-refractivity contribution is 7.90. The summed E-state index contributed by atoms with van der Waals surface area (Å²) in [4.78, 5) is 52.7. The molecule has 4 N–H and O–H groups in total. The first-order valence-corrected chi connectivity index (χ1v) is 14.4. The fourth-order valence-corrected chi connectivity index (χ4v) is 6.19. The monoisotopic (exact) mass is 557 g/mol. The molecule has 2 aliphatic heterocycles. The van der Waals surface area contributed by atoms with E-state index < -0.39 is 57.4 Å². The summed E-state index contributed by atoms with van der Waals surface area (Å²) in [5.74, 6) is -2.42. The molecule has 4 unspecified atom stereocenters. The van der Waals surface area contributed by atoms with Gasteiger partial charge in [-0.15, -0.1) is 0 Å². The van der Waals surface area contributed by atoms with Crippen LogP contribution in [-0.2, 0) is 29.1 Å². The van der Waals surface area contributed by atoms with Crippen LogP contribution in [0.15, 0.2) is 41.3 Å². The number of allylic oxidation sites excluding steroid dienone is 1. The molecule has 0 spiro atoms. The normalized spacial score (nSPS) is 27.6. The van der Waals surface area contributed by atoms with Gasteiger partial charge in [0.15, 0.2) is 6.10 Å². The quantitative estimate of drug-likeness (QED) is 0.460. The Kier molecular flexibility index (Phi) is 8.25. The molecule has 4 rings (SSSR count). The van der Waals surface area contributed by atoms with E-state index in [2.05, 4.69) is 10.0 Å². The third-order valence-corrected chi connectivity index (χ3v) is 8.71. The number of nitrogens with zero attached hydrogens (tertiary/aromatic N) is 2. The lowest BCUT2D eigenvalue weighted by Crippen LogP contribution is -2.57. The molecule has 1 aliphatic carbocycles. The van der Waals surface area contributed by atoms with Crippen LogP contribution in [0.3, 0.4) is 0 Å². The third-order valence-electron chi connectivity index (χ3n) is 7.36. The highest BCUT2D eigenvalue weighted by atomic mass is 32.2. The maximum Gasteiger partial charge on any atom is 0.405 e. The number of nitrogens with one attached hydrogen (secondary N) is 2. The molecule has 4 atom stereocenters. The molecule has 1 saturated carbocycles. The Morgan fingerprint density at radius 2 is 1.87 bits per heavy atom. The Morgan fingerprint density at radius 1 is 1.13 bits per heavy atom. The second kappa shape index (κ2) is 11.4. The van der Waals surface area contributed by atoms with Crippen molar-refractivity contribution < 1.29 is 32.3 Å². The maximum absolute atomic E-state index is 13.4. The maximum atomic E-state index is 13.4. The molecule has 1 aromatic rings. The Bertz CT molecular complexity index is 1320. The molecule has 208 valence electrons. The molecule has 3 aliphatic rings. The number of ether oxygens (including phenoxy) is 1. The Hall–Kier alpha value is -3.92. The first-order chi connectivity index (χ1) is 18.6. The van der Waals surface area contributed by atoms with Crippen LogP contribution in [0.25, 0.3) is 0 Å². The summed E-state index contributed by atoms with van der Waals surface area (Å²) in [7, 11) is -4.28. The van der Waals surface area contributed by atoms with Gasteiger partial charge in [-0.2, -0.15) is 5.26 Å². The molecule has 1 saturated heterocycles. The van der Waals surface area contributed by atoms with Gasteiger partial charge in [-0.05, 0) is 69.2 Å². The van der Waals surface area contributed by atoms with Gasteiger partial charge in [0.1, 0.15) is 11.6 Å². The second-order valence-corrected chi connectivity index (χ2v) is 11.7. The first-order valence-electron chi connectivity index (χ1n) is 12.9. The van der Waals surface area contributed by atoms with Crippen molar-refractivity contribution in [3.8, 4) is 6.07 Å². The number of amides is 4. The molecule has 12 nitrogen and oxygen atoms in total. The highest BCUT2D eigenvalue weighted by Gasteiger charge is 2.61. The van der Waals surface area contributed by atoms with E-state index in [4.69, 9.17) is 15.7 Å². The zero-order valence-corrected chi connectivity index (χ0v) is 22.1. The van der Waals surface area contributed by atoms with Gasteiger partial charge in [-0.25, -0.2) is 17.9 Å². The first kappa shape index (κ1) is 28.1. The lowest BCUT2D eigenvalue weighted by molar-refractivity contribution is -0.146. The van der Waals surface area contributed by atoms with Gasteiger partial charge < -0.3 is 20.7 Å². The van der Waals surface area contributed by atoms with E-state index in [0.717, 1.165) is 12.8 Å².